The molecule has 2 fully saturated rings. The van der Waals surface area contributed by atoms with Gasteiger partial charge in [0, 0.05) is 63.9 Å². The second-order valence-corrected chi connectivity index (χ2v) is 7.56. The molecule has 4 heterocycles. The van der Waals surface area contributed by atoms with Crippen molar-refractivity contribution >= 4 is 11.6 Å². The van der Waals surface area contributed by atoms with Gasteiger partial charge in [-0.05, 0) is 18.7 Å². The van der Waals surface area contributed by atoms with Gasteiger partial charge in [-0.2, -0.15) is 0 Å². The first kappa shape index (κ1) is 18.9. The van der Waals surface area contributed by atoms with Crippen molar-refractivity contribution in [2.75, 3.05) is 43.0 Å². The third-order valence-corrected chi connectivity index (χ3v) is 5.46. The summed E-state index contributed by atoms with van der Waals surface area (Å²) in [5, 5.41) is 0. The molecule has 0 atom stereocenters. The van der Waals surface area contributed by atoms with Crippen LogP contribution in [0.3, 0.4) is 0 Å². The number of pyridine rings is 1. The molecular formula is C19H23F3N6. The molecule has 150 valence electrons. The van der Waals surface area contributed by atoms with Crippen molar-refractivity contribution in [2.24, 2.45) is 0 Å². The van der Waals surface area contributed by atoms with Crippen molar-refractivity contribution in [3.63, 3.8) is 0 Å². The summed E-state index contributed by atoms with van der Waals surface area (Å²) in [5.41, 5.74) is 0.840. The molecule has 0 saturated carbocycles. The summed E-state index contributed by atoms with van der Waals surface area (Å²) in [6.07, 6.45) is 4.09. The molecular weight excluding hydrogens is 369 g/mol. The Kier molecular flexibility index (Phi) is 5.09. The van der Waals surface area contributed by atoms with E-state index in [0.29, 0.717) is 31.5 Å². The fraction of sp³-hybridized carbons (Fsp3) is 0.526. The molecule has 2 aromatic heterocycles. The Bertz CT molecular complexity index is 817. The van der Waals surface area contributed by atoms with Gasteiger partial charge in [0.05, 0.1) is 6.20 Å². The molecule has 0 radical (unpaired) electrons. The highest BCUT2D eigenvalue weighted by molar-refractivity contribution is 5.52. The number of piperidine rings is 1. The van der Waals surface area contributed by atoms with Gasteiger partial charge in [-0.3, -0.25) is 9.88 Å². The Labute approximate surface area is 162 Å². The van der Waals surface area contributed by atoms with E-state index in [2.05, 4.69) is 24.8 Å². The van der Waals surface area contributed by atoms with E-state index in [9.17, 15) is 13.2 Å². The molecule has 2 aliphatic rings. The number of hydrogen-bond donors (Lipinski definition) is 0. The molecule has 6 nitrogen and oxygen atoms in total. The normalized spacial score (nSPS) is 19.8. The highest BCUT2D eigenvalue weighted by Gasteiger charge is 2.35. The molecule has 0 unspecified atom stereocenters. The number of nitrogens with zero attached hydrogens (tertiary/aromatic N) is 6. The highest BCUT2D eigenvalue weighted by atomic mass is 19.3. The molecule has 0 bridgehead atoms. The fourth-order valence-corrected chi connectivity index (χ4v) is 3.63. The smallest absolute Gasteiger partial charge is 0.251 e. The lowest BCUT2D eigenvalue weighted by atomic mass is 10.1. The minimum atomic E-state index is -2.57. The van der Waals surface area contributed by atoms with Gasteiger partial charge in [0.1, 0.15) is 23.8 Å². The first-order valence-electron chi connectivity index (χ1n) is 9.39. The third kappa shape index (κ3) is 4.19. The van der Waals surface area contributed by atoms with Crippen molar-refractivity contribution < 1.29 is 13.2 Å². The van der Waals surface area contributed by atoms with Crippen LogP contribution in [0.25, 0.3) is 0 Å². The van der Waals surface area contributed by atoms with Crippen LogP contribution in [0.4, 0.5) is 24.8 Å². The first-order chi connectivity index (χ1) is 13.4. The summed E-state index contributed by atoms with van der Waals surface area (Å²) < 4.78 is 40.0. The molecule has 9 heteroatoms. The Morgan fingerprint density at radius 1 is 1.07 bits per heavy atom. The van der Waals surface area contributed by atoms with Crippen LogP contribution >= 0.6 is 0 Å². The topological polar surface area (TPSA) is 48.4 Å². The van der Waals surface area contributed by atoms with Gasteiger partial charge in [0.25, 0.3) is 5.92 Å². The molecule has 28 heavy (non-hydrogen) atoms. The summed E-state index contributed by atoms with van der Waals surface area (Å²) in [4.78, 5) is 18.7. The summed E-state index contributed by atoms with van der Waals surface area (Å²) in [6.45, 7) is 2.83. The van der Waals surface area contributed by atoms with Gasteiger partial charge >= 0.3 is 0 Å². The van der Waals surface area contributed by atoms with E-state index in [1.807, 2.05) is 18.0 Å². The lowest BCUT2D eigenvalue weighted by Crippen LogP contribution is -2.58. The van der Waals surface area contributed by atoms with E-state index < -0.39 is 5.92 Å². The minimum Gasteiger partial charge on any atom is -0.356 e. The molecule has 2 aliphatic heterocycles. The van der Waals surface area contributed by atoms with E-state index in [1.54, 1.807) is 6.20 Å². The van der Waals surface area contributed by atoms with Crippen LogP contribution < -0.4 is 9.80 Å². The monoisotopic (exact) mass is 392 g/mol. The summed E-state index contributed by atoms with van der Waals surface area (Å²) in [6, 6.07) is 3.70. The van der Waals surface area contributed by atoms with E-state index in [4.69, 9.17) is 0 Å². The molecule has 0 aromatic carbocycles. The van der Waals surface area contributed by atoms with Crippen LogP contribution in [0.1, 0.15) is 18.4 Å². The molecule has 2 saturated heterocycles. The predicted octanol–water partition coefficient (Wildman–Crippen LogP) is 2.57. The van der Waals surface area contributed by atoms with Crippen LogP contribution in [-0.2, 0) is 6.54 Å². The van der Waals surface area contributed by atoms with E-state index in [0.717, 1.165) is 24.5 Å². The van der Waals surface area contributed by atoms with E-state index in [1.165, 1.54) is 18.6 Å². The van der Waals surface area contributed by atoms with Crippen molar-refractivity contribution in [1.29, 1.82) is 0 Å². The van der Waals surface area contributed by atoms with Crippen LogP contribution in [0.2, 0.25) is 0 Å². The Morgan fingerprint density at radius 2 is 1.75 bits per heavy atom. The molecule has 0 amide bonds. The molecule has 0 N–H and O–H groups in total. The van der Waals surface area contributed by atoms with Crippen LogP contribution in [-0.4, -0.2) is 65.0 Å². The Morgan fingerprint density at radius 3 is 2.43 bits per heavy atom. The summed E-state index contributed by atoms with van der Waals surface area (Å²) >= 11 is 0. The zero-order chi connectivity index (χ0) is 19.7. The van der Waals surface area contributed by atoms with Gasteiger partial charge < -0.3 is 9.80 Å². The SMILES string of the molecule is CN(Cc1cncc(F)c1)C1CN(c2cc(N3CCC(F)(F)CC3)ncn2)C1. The summed E-state index contributed by atoms with van der Waals surface area (Å²) in [5.74, 6) is -1.40. The van der Waals surface area contributed by atoms with Crippen molar-refractivity contribution in [2.45, 2.75) is 31.4 Å². The average Bonchev–Trinajstić information content (AvgIpc) is 2.61. The largest absolute Gasteiger partial charge is 0.356 e. The maximum Gasteiger partial charge on any atom is 0.251 e. The maximum atomic E-state index is 13.4. The van der Waals surface area contributed by atoms with Crippen molar-refractivity contribution in [3.8, 4) is 0 Å². The van der Waals surface area contributed by atoms with Gasteiger partial charge in [-0.1, -0.05) is 0 Å². The zero-order valence-corrected chi connectivity index (χ0v) is 15.7. The number of likely N-dealkylation sites (N-methyl/N-ethyl adjacent to an activating group) is 1. The number of hydrogen-bond acceptors (Lipinski definition) is 6. The number of rotatable bonds is 5. The average molecular weight is 392 g/mol. The van der Waals surface area contributed by atoms with Crippen LogP contribution in [0.5, 0.6) is 0 Å². The second-order valence-electron chi connectivity index (χ2n) is 7.56. The number of aromatic nitrogens is 3. The van der Waals surface area contributed by atoms with Gasteiger partial charge in [0.2, 0.25) is 0 Å². The first-order valence-corrected chi connectivity index (χ1v) is 9.39. The summed E-state index contributed by atoms with van der Waals surface area (Å²) in [7, 11) is 2.01. The molecule has 2 aromatic rings. The Balaban J connectivity index is 1.33. The second kappa shape index (κ2) is 7.54. The molecule has 4 rings (SSSR count). The van der Waals surface area contributed by atoms with E-state index in [-0.39, 0.29) is 18.7 Å². The van der Waals surface area contributed by atoms with Crippen molar-refractivity contribution in [1.82, 2.24) is 19.9 Å². The number of halogens is 3. The standard InChI is InChI=1S/C19H23F3N6/c1-26(10-14-6-15(20)9-23-8-14)16-11-28(12-16)18-7-17(24-13-25-18)27-4-2-19(21,22)3-5-27/h6-9,13,16H,2-5,10-12H2,1H3. The van der Waals surface area contributed by atoms with Gasteiger partial charge in [0.15, 0.2) is 0 Å². The van der Waals surface area contributed by atoms with Crippen molar-refractivity contribution in [3.05, 3.63) is 42.2 Å². The number of anilines is 2. The van der Waals surface area contributed by atoms with Gasteiger partial charge in [-0.15, -0.1) is 0 Å². The molecule has 0 spiro atoms. The lowest BCUT2D eigenvalue weighted by molar-refractivity contribution is -0.0221. The predicted molar refractivity (Wildman–Crippen MR) is 100 cm³/mol. The number of alkyl halides is 2. The van der Waals surface area contributed by atoms with E-state index >= 15 is 0 Å². The fourth-order valence-electron chi connectivity index (χ4n) is 3.63. The molecule has 0 aliphatic carbocycles. The van der Waals surface area contributed by atoms with Crippen LogP contribution in [0.15, 0.2) is 30.9 Å². The third-order valence-electron chi connectivity index (χ3n) is 5.46. The van der Waals surface area contributed by atoms with Crippen LogP contribution in [0, 0.1) is 5.82 Å². The highest BCUT2D eigenvalue weighted by Crippen LogP contribution is 2.31. The van der Waals surface area contributed by atoms with Gasteiger partial charge in [-0.25, -0.2) is 23.1 Å². The quantitative estimate of drug-likeness (QED) is 0.780. The maximum absolute atomic E-state index is 13.4. The Hall–Kier alpha value is -2.42. The zero-order valence-electron chi connectivity index (χ0n) is 15.7. The lowest BCUT2D eigenvalue weighted by Gasteiger charge is -2.45. The minimum absolute atomic E-state index is 0.141.